The molecule has 1 amide bonds. The zero-order valence-electron chi connectivity index (χ0n) is 21.9. The van der Waals surface area contributed by atoms with Crippen molar-refractivity contribution >= 4 is 45.9 Å². The van der Waals surface area contributed by atoms with E-state index in [-0.39, 0.29) is 22.9 Å². The molecule has 41 heavy (non-hydrogen) atoms. The molecule has 0 aliphatic rings. The van der Waals surface area contributed by atoms with Gasteiger partial charge in [0, 0.05) is 26.7 Å². The maximum Gasteiger partial charge on any atom is 0.416 e. The summed E-state index contributed by atoms with van der Waals surface area (Å²) in [7, 11) is 0. The van der Waals surface area contributed by atoms with E-state index in [0.717, 1.165) is 27.6 Å². The van der Waals surface area contributed by atoms with Crippen LogP contribution >= 0.6 is 11.8 Å². The van der Waals surface area contributed by atoms with Gasteiger partial charge in [0.05, 0.1) is 16.6 Å². The number of alkyl halides is 3. The van der Waals surface area contributed by atoms with E-state index in [1.807, 2.05) is 26.0 Å². The SMILES string of the molecule is CC(C)c1ccc2c(Nc3cc(C(=O)Nc4ccc(C(F)(F)F)cc4)ccc3Sc3ccc(O)cc3)ncnc2n1. The fraction of sp³-hybridized carbons (Fsp3) is 0.133. The number of rotatable bonds is 7. The van der Waals surface area contributed by atoms with Crippen molar-refractivity contribution in [2.75, 3.05) is 10.6 Å². The van der Waals surface area contributed by atoms with E-state index in [2.05, 4.69) is 25.6 Å². The van der Waals surface area contributed by atoms with Crippen molar-refractivity contribution in [2.45, 2.75) is 35.7 Å². The Morgan fingerprint density at radius 2 is 1.66 bits per heavy atom. The number of hydrogen-bond donors (Lipinski definition) is 3. The largest absolute Gasteiger partial charge is 0.508 e. The summed E-state index contributed by atoms with van der Waals surface area (Å²) < 4.78 is 38.7. The number of phenolic OH excluding ortho intramolecular Hbond substituents is 1. The Bertz CT molecular complexity index is 1710. The van der Waals surface area contributed by atoms with Gasteiger partial charge in [0.1, 0.15) is 17.9 Å². The summed E-state index contributed by atoms with van der Waals surface area (Å²) in [6, 6.07) is 19.8. The highest BCUT2D eigenvalue weighted by Gasteiger charge is 2.30. The maximum absolute atomic E-state index is 13.1. The molecule has 0 radical (unpaired) electrons. The first-order valence-electron chi connectivity index (χ1n) is 12.5. The summed E-state index contributed by atoms with van der Waals surface area (Å²) in [5.41, 5.74) is 1.70. The van der Waals surface area contributed by atoms with Crippen molar-refractivity contribution in [3.63, 3.8) is 0 Å². The van der Waals surface area contributed by atoms with Crippen LogP contribution in [0.2, 0.25) is 0 Å². The highest BCUT2D eigenvalue weighted by molar-refractivity contribution is 7.99. The van der Waals surface area contributed by atoms with Crippen LogP contribution in [-0.4, -0.2) is 26.0 Å². The first-order valence-corrected chi connectivity index (χ1v) is 13.4. The highest BCUT2D eigenvalue weighted by atomic mass is 32.2. The molecule has 3 aromatic carbocycles. The molecular formula is C30H24F3N5O2S. The van der Waals surface area contributed by atoms with Crippen molar-refractivity contribution < 1.29 is 23.1 Å². The van der Waals surface area contributed by atoms with E-state index in [0.29, 0.717) is 22.5 Å². The van der Waals surface area contributed by atoms with Gasteiger partial charge in [-0.05, 0) is 84.8 Å². The number of anilines is 3. The lowest BCUT2D eigenvalue weighted by Crippen LogP contribution is -2.13. The Labute approximate surface area is 237 Å². The van der Waals surface area contributed by atoms with E-state index in [9.17, 15) is 23.1 Å². The van der Waals surface area contributed by atoms with Gasteiger partial charge in [0.15, 0.2) is 5.65 Å². The molecule has 11 heteroatoms. The Kier molecular flexibility index (Phi) is 7.80. The molecule has 0 fully saturated rings. The van der Waals surface area contributed by atoms with Crippen LogP contribution in [0.5, 0.6) is 5.75 Å². The molecule has 0 aliphatic heterocycles. The van der Waals surface area contributed by atoms with Crippen LogP contribution in [0.25, 0.3) is 11.0 Å². The van der Waals surface area contributed by atoms with Crippen LogP contribution in [0.1, 0.15) is 41.4 Å². The fourth-order valence-electron chi connectivity index (χ4n) is 3.95. The first kappa shape index (κ1) is 27.9. The minimum atomic E-state index is -4.47. The third kappa shape index (κ3) is 6.58. The zero-order chi connectivity index (χ0) is 29.1. The molecule has 0 aliphatic carbocycles. The minimum Gasteiger partial charge on any atom is -0.508 e. The van der Waals surface area contributed by atoms with Crippen LogP contribution in [0, 0.1) is 0 Å². The number of aromatic nitrogens is 3. The van der Waals surface area contributed by atoms with E-state index in [4.69, 9.17) is 0 Å². The van der Waals surface area contributed by atoms with Crippen molar-refractivity contribution in [3.8, 4) is 5.75 Å². The summed E-state index contributed by atoms with van der Waals surface area (Å²) in [6.45, 7) is 4.09. The van der Waals surface area contributed by atoms with Gasteiger partial charge in [0.2, 0.25) is 0 Å². The van der Waals surface area contributed by atoms with Crippen LogP contribution in [-0.2, 0) is 6.18 Å². The van der Waals surface area contributed by atoms with Crippen molar-refractivity contribution in [1.29, 1.82) is 0 Å². The molecule has 0 bridgehead atoms. The summed E-state index contributed by atoms with van der Waals surface area (Å²) in [5.74, 6) is 0.359. The lowest BCUT2D eigenvalue weighted by atomic mass is 10.1. The molecule has 7 nitrogen and oxygen atoms in total. The standard InChI is InChI=1S/C30H24F3N5O2S/c1-17(2)24-13-12-23-27(37-24)34-16-35-28(23)38-25-15-18(3-14-26(25)41-22-10-8-21(39)9-11-22)29(40)36-20-6-4-19(5-7-20)30(31,32)33/h3-17,39H,1-2H3,(H,36,40)(H,34,35,37,38). The van der Waals surface area contributed by atoms with E-state index >= 15 is 0 Å². The Balaban J connectivity index is 1.48. The monoisotopic (exact) mass is 575 g/mol. The van der Waals surface area contributed by atoms with Crippen LogP contribution in [0.4, 0.5) is 30.4 Å². The average molecular weight is 576 g/mol. The molecule has 5 aromatic rings. The fourth-order valence-corrected chi connectivity index (χ4v) is 4.83. The lowest BCUT2D eigenvalue weighted by molar-refractivity contribution is -0.137. The number of phenols is 1. The molecule has 0 spiro atoms. The molecule has 2 heterocycles. The van der Waals surface area contributed by atoms with Gasteiger partial charge in [-0.1, -0.05) is 25.6 Å². The van der Waals surface area contributed by atoms with Crippen molar-refractivity contribution in [1.82, 2.24) is 15.0 Å². The zero-order valence-corrected chi connectivity index (χ0v) is 22.7. The number of halogens is 3. The number of carbonyl (C=O) groups excluding carboxylic acids is 1. The third-order valence-corrected chi connectivity index (χ3v) is 7.22. The second-order valence-electron chi connectivity index (χ2n) is 9.45. The maximum atomic E-state index is 13.1. The highest BCUT2D eigenvalue weighted by Crippen LogP contribution is 2.37. The Morgan fingerprint density at radius 1 is 0.927 bits per heavy atom. The summed E-state index contributed by atoms with van der Waals surface area (Å²) in [6.07, 6.45) is -3.05. The normalized spacial score (nSPS) is 11.6. The minimum absolute atomic E-state index is 0.142. The van der Waals surface area contributed by atoms with E-state index in [1.165, 1.54) is 30.2 Å². The van der Waals surface area contributed by atoms with Gasteiger partial charge in [-0.25, -0.2) is 15.0 Å². The Morgan fingerprint density at radius 3 is 2.34 bits per heavy atom. The number of hydrogen-bond acceptors (Lipinski definition) is 7. The van der Waals surface area contributed by atoms with E-state index in [1.54, 1.807) is 42.5 Å². The van der Waals surface area contributed by atoms with Gasteiger partial charge in [-0.3, -0.25) is 4.79 Å². The molecule has 0 atom stereocenters. The summed E-state index contributed by atoms with van der Waals surface area (Å²) in [4.78, 5) is 28.1. The van der Waals surface area contributed by atoms with Gasteiger partial charge in [0.25, 0.3) is 5.91 Å². The lowest BCUT2D eigenvalue weighted by Gasteiger charge is -2.15. The number of fused-ring (bicyclic) bond motifs is 1. The smallest absolute Gasteiger partial charge is 0.416 e. The second kappa shape index (κ2) is 11.5. The van der Waals surface area contributed by atoms with Crippen molar-refractivity contribution in [3.05, 3.63) is 102 Å². The Hall–Kier alpha value is -4.64. The predicted octanol–water partition coefficient (Wildman–Crippen LogP) is 8.02. The molecule has 3 N–H and O–H groups in total. The number of pyridine rings is 1. The van der Waals surface area contributed by atoms with Gasteiger partial charge < -0.3 is 15.7 Å². The van der Waals surface area contributed by atoms with Gasteiger partial charge in [-0.2, -0.15) is 13.2 Å². The molecular weight excluding hydrogens is 551 g/mol. The number of carbonyl (C=O) groups is 1. The molecule has 208 valence electrons. The number of benzene rings is 3. The topological polar surface area (TPSA) is 100 Å². The average Bonchev–Trinajstić information content (AvgIpc) is 2.94. The molecule has 0 unspecified atom stereocenters. The third-order valence-electron chi connectivity index (χ3n) is 6.14. The van der Waals surface area contributed by atoms with Crippen LogP contribution in [0.3, 0.4) is 0 Å². The number of nitrogens with zero attached hydrogens (tertiary/aromatic N) is 3. The molecule has 2 aromatic heterocycles. The summed E-state index contributed by atoms with van der Waals surface area (Å²) >= 11 is 1.41. The van der Waals surface area contributed by atoms with Crippen molar-refractivity contribution in [2.24, 2.45) is 0 Å². The predicted molar refractivity (Wildman–Crippen MR) is 153 cm³/mol. The summed E-state index contributed by atoms with van der Waals surface area (Å²) in [5, 5.41) is 16.3. The van der Waals surface area contributed by atoms with E-state index < -0.39 is 17.6 Å². The second-order valence-corrected chi connectivity index (χ2v) is 10.6. The van der Waals surface area contributed by atoms with Gasteiger partial charge >= 0.3 is 6.18 Å². The van der Waals surface area contributed by atoms with Gasteiger partial charge in [-0.15, -0.1) is 0 Å². The quantitative estimate of drug-likeness (QED) is 0.181. The molecule has 0 saturated carbocycles. The number of aromatic hydroxyl groups is 1. The first-order chi connectivity index (χ1) is 19.6. The van der Waals surface area contributed by atoms with Crippen LogP contribution in [0.15, 0.2) is 95.0 Å². The number of amides is 1. The molecule has 0 saturated heterocycles. The molecule has 5 rings (SSSR count). The number of nitrogens with one attached hydrogen (secondary N) is 2. The van der Waals surface area contributed by atoms with Crippen LogP contribution < -0.4 is 10.6 Å².